The Hall–Kier alpha value is -4.24. The highest BCUT2D eigenvalue weighted by Crippen LogP contribution is 2.44. The minimum atomic E-state index is -0.392. The number of methoxy groups -OCH3 is 1. The van der Waals surface area contributed by atoms with Crippen molar-refractivity contribution in [2.75, 3.05) is 46.4 Å². The minimum Gasteiger partial charge on any atom is -0.507 e. The van der Waals surface area contributed by atoms with Gasteiger partial charge in [-0.3, -0.25) is 9.59 Å². The van der Waals surface area contributed by atoms with Crippen molar-refractivity contribution < 1.29 is 28.9 Å². The molecule has 4 heterocycles. The maximum Gasteiger partial charge on any atom is 0.255 e. The number of aromatic hydroxyl groups is 1. The molecule has 2 amide bonds. The van der Waals surface area contributed by atoms with E-state index in [1.54, 1.807) is 13.2 Å². The van der Waals surface area contributed by atoms with Crippen LogP contribution in [0.1, 0.15) is 59.3 Å². The zero-order chi connectivity index (χ0) is 29.9. The number of hydrogen-bond acceptors (Lipinski definition) is 7. The molecule has 1 unspecified atom stereocenters. The molecule has 43 heavy (non-hydrogen) atoms. The molecule has 0 radical (unpaired) electrons. The Bertz CT molecular complexity index is 1500. The highest BCUT2D eigenvalue weighted by atomic mass is 16.5. The quantitative estimate of drug-likeness (QED) is 0.451. The second-order valence-corrected chi connectivity index (χ2v) is 11.4. The first kappa shape index (κ1) is 28.9. The van der Waals surface area contributed by atoms with Crippen LogP contribution in [0.5, 0.6) is 28.7 Å². The molecular weight excluding hydrogens is 546 g/mol. The van der Waals surface area contributed by atoms with Crippen molar-refractivity contribution in [1.82, 2.24) is 15.1 Å². The lowest BCUT2D eigenvalue weighted by Gasteiger charge is -2.41. The van der Waals surface area contributed by atoms with Gasteiger partial charge in [-0.2, -0.15) is 0 Å². The lowest BCUT2D eigenvalue weighted by Crippen LogP contribution is -2.46. The third-order valence-electron chi connectivity index (χ3n) is 8.81. The number of likely N-dealkylation sites (tertiary alicyclic amines) is 1. The zero-order valence-electron chi connectivity index (χ0n) is 24.8. The predicted octanol–water partition coefficient (Wildman–Crippen LogP) is 4.91. The number of amides is 2. The van der Waals surface area contributed by atoms with Gasteiger partial charge in [0, 0.05) is 19.0 Å². The minimum absolute atomic E-state index is 0.000214. The highest BCUT2D eigenvalue weighted by Gasteiger charge is 2.37. The van der Waals surface area contributed by atoms with Crippen molar-refractivity contribution in [3.8, 4) is 28.7 Å². The molecular formula is C34H39N3O6. The Labute approximate surface area is 252 Å². The van der Waals surface area contributed by atoms with Gasteiger partial charge in [-0.25, -0.2) is 0 Å². The first-order chi connectivity index (χ1) is 20.9. The Morgan fingerprint density at radius 2 is 1.91 bits per heavy atom. The van der Waals surface area contributed by atoms with E-state index in [-0.39, 0.29) is 29.2 Å². The average molecular weight is 586 g/mol. The summed E-state index contributed by atoms with van der Waals surface area (Å²) in [5, 5.41) is 13.2. The molecule has 4 aliphatic heterocycles. The first-order valence-electron chi connectivity index (χ1n) is 15.2. The molecule has 1 atom stereocenters. The molecule has 1 saturated heterocycles. The molecule has 8 bridgehead atoms. The molecule has 0 aliphatic carbocycles. The SMILES string of the molecule is CCN1CCC(C(=O)N2CCc3cc4c(OC)cc3C2c2cccc(c2)OCCCNC(=O)c2cc(ccc2O)O4)CC1. The number of rotatable bonds is 3. The number of nitrogens with zero attached hydrogens (tertiary/aromatic N) is 2. The van der Waals surface area contributed by atoms with Crippen molar-refractivity contribution in [2.45, 2.75) is 38.6 Å². The second kappa shape index (κ2) is 12.6. The van der Waals surface area contributed by atoms with Crippen LogP contribution in [0, 0.1) is 5.92 Å². The van der Waals surface area contributed by atoms with Crippen molar-refractivity contribution in [3.63, 3.8) is 0 Å². The van der Waals surface area contributed by atoms with Gasteiger partial charge < -0.3 is 34.4 Å². The van der Waals surface area contributed by atoms with Crippen molar-refractivity contribution in [3.05, 3.63) is 76.9 Å². The van der Waals surface area contributed by atoms with E-state index in [4.69, 9.17) is 14.2 Å². The number of piperidine rings is 1. The molecule has 2 N–H and O–H groups in total. The van der Waals surface area contributed by atoms with E-state index in [9.17, 15) is 14.7 Å². The Kier molecular flexibility index (Phi) is 8.42. The van der Waals surface area contributed by atoms with Gasteiger partial charge in [-0.05, 0) is 104 Å². The molecule has 4 aliphatic rings. The summed E-state index contributed by atoms with van der Waals surface area (Å²) >= 11 is 0. The van der Waals surface area contributed by atoms with E-state index >= 15 is 0 Å². The van der Waals surface area contributed by atoms with Gasteiger partial charge in [0.1, 0.15) is 17.2 Å². The third kappa shape index (κ3) is 5.99. The number of carbonyl (C=O) groups is 2. The molecule has 0 saturated carbocycles. The summed E-state index contributed by atoms with van der Waals surface area (Å²) in [5.74, 6) is 1.81. The van der Waals surface area contributed by atoms with E-state index in [2.05, 4.69) is 23.2 Å². The summed E-state index contributed by atoms with van der Waals surface area (Å²) in [4.78, 5) is 31.4. The van der Waals surface area contributed by atoms with Gasteiger partial charge in [0.25, 0.3) is 5.91 Å². The number of nitrogens with one attached hydrogen (secondary N) is 1. The number of phenols is 1. The van der Waals surface area contributed by atoms with Crippen LogP contribution in [0.15, 0.2) is 54.6 Å². The summed E-state index contributed by atoms with van der Waals surface area (Å²) in [7, 11) is 1.59. The third-order valence-corrected chi connectivity index (χ3v) is 8.81. The Balaban J connectivity index is 1.42. The number of fused-ring (bicyclic) bond motifs is 6. The highest BCUT2D eigenvalue weighted by molar-refractivity contribution is 5.97. The topological polar surface area (TPSA) is 101 Å². The van der Waals surface area contributed by atoms with E-state index in [1.807, 2.05) is 35.2 Å². The Morgan fingerprint density at radius 1 is 1.07 bits per heavy atom. The van der Waals surface area contributed by atoms with E-state index in [0.717, 1.165) is 49.2 Å². The molecule has 0 spiro atoms. The number of carbonyl (C=O) groups excluding carboxylic acids is 2. The van der Waals surface area contributed by atoms with Crippen LogP contribution >= 0.6 is 0 Å². The number of ether oxygens (including phenoxy) is 3. The number of benzene rings is 3. The first-order valence-corrected chi connectivity index (χ1v) is 15.2. The molecule has 3 aromatic rings. The maximum absolute atomic E-state index is 14.2. The van der Waals surface area contributed by atoms with E-state index in [1.165, 1.54) is 12.1 Å². The number of phenolic OH excluding ortho intramolecular Hbond substituents is 1. The van der Waals surface area contributed by atoms with Crippen molar-refractivity contribution in [2.24, 2.45) is 5.92 Å². The zero-order valence-corrected chi connectivity index (χ0v) is 24.8. The van der Waals surface area contributed by atoms with Crippen LogP contribution in [0.3, 0.4) is 0 Å². The summed E-state index contributed by atoms with van der Waals surface area (Å²) < 4.78 is 18.2. The predicted molar refractivity (Wildman–Crippen MR) is 162 cm³/mol. The van der Waals surface area contributed by atoms with Crippen LogP contribution in [0.4, 0.5) is 0 Å². The van der Waals surface area contributed by atoms with Crippen LogP contribution in [0.25, 0.3) is 0 Å². The fourth-order valence-corrected chi connectivity index (χ4v) is 6.41. The van der Waals surface area contributed by atoms with Crippen LogP contribution in [-0.2, 0) is 11.2 Å². The molecule has 9 heteroatoms. The van der Waals surface area contributed by atoms with Gasteiger partial charge in [0.2, 0.25) is 5.91 Å². The summed E-state index contributed by atoms with van der Waals surface area (Å²) in [6.07, 6.45) is 2.99. The average Bonchev–Trinajstić information content (AvgIpc) is 3.04. The molecule has 1 fully saturated rings. The van der Waals surface area contributed by atoms with Gasteiger partial charge in [-0.1, -0.05) is 19.1 Å². The molecule has 226 valence electrons. The van der Waals surface area contributed by atoms with Crippen molar-refractivity contribution in [1.29, 1.82) is 0 Å². The van der Waals surface area contributed by atoms with E-state index < -0.39 is 5.91 Å². The Morgan fingerprint density at radius 3 is 2.70 bits per heavy atom. The van der Waals surface area contributed by atoms with Gasteiger partial charge in [-0.15, -0.1) is 0 Å². The van der Waals surface area contributed by atoms with Gasteiger partial charge in [0.15, 0.2) is 11.5 Å². The summed E-state index contributed by atoms with van der Waals surface area (Å²) in [6, 6.07) is 16.2. The molecule has 0 aromatic heterocycles. The standard InChI is InChI=1S/C34H39N3O6/c1-3-36-14-10-22(11-15-36)34(40)37-16-12-23-19-31-30(41-2)21-27(23)32(37)24-6-4-7-25(18-24)42-17-5-13-35-33(39)28-20-26(43-31)8-9-29(28)38/h4,6-9,18-22,32,38H,3,5,10-17H2,1-2H3,(H,35,39). The van der Waals surface area contributed by atoms with Crippen LogP contribution in [-0.4, -0.2) is 73.2 Å². The van der Waals surface area contributed by atoms with E-state index in [0.29, 0.717) is 55.5 Å². The summed E-state index contributed by atoms with van der Waals surface area (Å²) in [6.45, 7) is 6.43. The lowest BCUT2D eigenvalue weighted by molar-refractivity contribution is -0.139. The normalized spacial score (nSPS) is 19.4. The number of hydrogen-bond donors (Lipinski definition) is 2. The van der Waals surface area contributed by atoms with Crippen LogP contribution < -0.4 is 19.5 Å². The second-order valence-electron chi connectivity index (χ2n) is 11.4. The molecule has 9 nitrogen and oxygen atoms in total. The lowest BCUT2D eigenvalue weighted by atomic mass is 9.85. The van der Waals surface area contributed by atoms with Crippen molar-refractivity contribution >= 4 is 11.8 Å². The smallest absolute Gasteiger partial charge is 0.255 e. The van der Waals surface area contributed by atoms with Gasteiger partial charge >= 0.3 is 0 Å². The maximum atomic E-state index is 14.2. The fraction of sp³-hybridized carbons (Fsp3) is 0.412. The monoisotopic (exact) mass is 585 g/mol. The van der Waals surface area contributed by atoms with Gasteiger partial charge in [0.05, 0.1) is 25.3 Å². The molecule has 7 rings (SSSR count). The van der Waals surface area contributed by atoms with Crippen LogP contribution in [0.2, 0.25) is 0 Å². The molecule has 3 aromatic carbocycles. The largest absolute Gasteiger partial charge is 0.507 e. The summed E-state index contributed by atoms with van der Waals surface area (Å²) in [5.41, 5.74) is 3.17. The fourth-order valence-electron chi connectivity index (χ4n) is 6.41.